The van der Waals surface area contributed by atoms with Crippen molar-refractivity contribution in [3.05, 3.63) is 69.2 Å². The molecule has 1 saturated heterocycles. The van der Waals surface area contributed by atoms with E-state index in [4.69, 9.17) is 28.5 Å². The maximum atomic E-state index is 12.2. The number of benzene rings is 2. The number of fused-ring (bicyclic) bond motifs is 1. The molecule has 0 aromatic heterocycles. The highest BCUT2D eigenvalue weighted by molar-refractivity contribution is 6.35. The molecular formula is C21H18Cl2N2O. The number of carbonyl (C=O) groups excluding carboxylic acids is 1. The number of hydrogen-bond donors (Lipinski definition) is 1. The molecule has 132 valence electrons. The van der Waals surface area contributed by atoms with Crippen LogP contribution in [0, 0.1) is 23.2 Å². The molecule has 0 radical (unpaired) electrons. The second-order valence-corrected chi connectivity index (χ2v) is 7.97. The first-order valence-corrected chi connectivity index (χ1v) is 9.57. The quantitative estimate of drug-likeness (QED) is 0.801. The van der Waals surface area contributed by atoms with Crippen LogP contribution < -0.4 is 5.32 Å². The van der Waals surface area contributed by atoms with Gasteiger partial charge in [-0.2, -0.15) is 5.26 Å². The van der Waals surface area contributed by atoms with Crippen molar-refractivity contribution in [3.8, 4) is 6.07 Å². The molecule has 2 aliphatic rings. The largest absolute Gasteiger partial charge is 0.356 e. The van der Waals surface area contributed by atoms with Gasteiger partial charge in [0.25, 0.3) is 0 Å². The fourth-order valence-corrected chi connectivity index (χ4v) is 5.20. The van der Waals surface area contributed by atoms with Gasteiger partial charge < -0.3 is 5.32 Å². The molecule has 1 N–H and O–H groups in total. The molecule has 0 bridgehead atoms. The standard InChI is InChI=1S/C21H18Cl2N2O/c22-14-5-6-15(19(23)9-14)16-7-8-17-18(11-25-21(17)26)20(16)13-3-1-12(10-24)2-4-13/h1-6,9,16-18,20H,7-8,11H2,(H,25,26)/t16-,17+,18+,20-/m0/s1. The molecule has 2 aromatic carbocycles. The molecule has 26 heavy (non-hydrogen) atoms. The van der Waals surface area contributed by atoms with Crippen molar-refractivity contribution in [1.29, 1.82) is 5.26 Å². The molecule has 0 unspecified atom stereocenters. The number of nitriles is 1. The Morgan fingerprint density at radius 3 is 2.46 bits per heavy atom. The van der Waals surface area contributed by atoms with Crippen LogP contribution in [0.4, 0.5) is 0 Å². The zero-order valence-electron chi connectivity index (χ0n) is 14.1. The predicted molar refractivity (Wildman–Crippen MR) is 102 cm³/mol. The Balaban J connectivity index is 1.78. The van der Waals surface area contributed by atoms with E-state index in [1.165, 1.54) is 0 Å². The van der Waals surface area contributed by atoms with Crippen molar-refractivity contribution in [1.82, 2.24) is 5.32 Å². The van der Waals surface area contributed by atoms with Crippen LogP contribution >= 0.6 is 23.2 Å². The molecule has 2 aromatic rings. The zero-order valence-corrected chi connectivity index (χ0v) is 15.6. The summed E-state index contributed by atoms with van der Waals surface area (Å²) in [4.78, 5) is 12.2. The molecular weight excluding hydrogens is 367 g/mol. The van der Waals surface area contributed by atoms with Crippen LogP contribution in [0.5, 0.6) is 0 Å². The van der Waals surface area contributed by atoms with E-state index < -0.39 is 0 Å². The Labute approximate surface area is 162 Å². The molecule has 1 aliphatic heterocycles. The van der Waals surface area contributed by atoms with Gasteiger partial charge >= 0.3 is 0 Å². The van der Waals surface area contributed by atoms with Crippen molar-refractivity contribution in [3.63, 3.8) is 0 Å². The highest BCUT2D eigenvalue weighted by Crippen LogP contribution is 2.52. The molecule has 1 heterocycles. The highest BCUT2D eigenvalue weighted by atomic mass is 35.5. The molecule has 4 atom stereocenters. The monoisotopic (exact) mass is 384 g/mol. The predicted octanol–water partition coefficient (Wildman–Crippen LogP) is 4.89. The SMILES string of the molecule is N#Cc1ccc([C@@H]2[C@@H]3CNC(=O)[C@@H]3CC[C@H]2c2ccc(Cl)cc2Cl)cc1. The van der Waals surface area contributed by atoms with Gasteiger partial charge in [-0.15, -0.1) is 0 Å². The summed E-state index contributed by atoms with van der Waals surface area (Å²) in [7, 11) is 0. The number of nitrogens with one attached hydrogen (secondary N) is 1. The fourth-order valence-electron chi connectivity index (χ4n) is 4.66. The lowest BCUT2D eigenvalue weighted by atomic mass is 9.63. The summed E-state index contributed by atoms with van der Waals surface area (Å²) in [5.41, 5.74) is 2.89. The summed E-state index contributed by atoms with van der Waals surface area (Å²) in [6.07, 6.45) is 1.77. The smallest absolute Gasteiger partial charge is 0.223 e. The van der Waals surface area contributed by atoms with E-state index in [2.05, 4.69) is 11.4 Å². The first-order valence-electron chi connectivity index (χ1n) is 8.81. The lowest BCUT2D eigenvalue weighted by Gasteiger charge is -2.40. The van der Waals surface area contributed by atoms with Crippen LogP contribution in [0.15, 0.2) is 42.5 Å². The summed E-state index contributed by atoms with van der Waals surface area (Å²) >= 11 is 12.6. The van der Waals surface area contributed by atoms with E-state index in [0.717, 1.165) is 24.0 Å². The first kappa shape index (κ1) is 17.4. The van der Waals surface area contributed by atoms with Gasteiger partial charge in [0.15, 0.2) is 0 Å². The second kappa shape index (κ2) is 6.95. The van der Waals surface area contributed by atoms with Gasteiger partial charge in [-0.3, -0.25) is 4.79 Å². The number of rotatable bonds is 2. The minimum absolute atomic E-state index is 0.0537. The van der Waals surface area contributed by atoms with Crippen LogP contribution in [-0.4, -0.2) is 12.5 Å². The fraction of sp³-hybridized carbons (Fsp3) is 0.333. The van der Waals surface area contributed by atoms with E-state index in [0.29, 0.717) is 22.2 Å². The summed E-state index contributed by atoms with van der Waals surface area (Å²) in [6.45, 7) is 0.690. The molecule has 1 saturated carbocycles. The van der Waals surface area contributed by atoms with Gasteiger partial charge in [0, 0.05) is 22.5 Å². The van der Waals surface area contributed by atoms with Crippen LogP contribution in [-0.2, 0) is 4.79 Å². The molecule has 2 fully saturated rings. The Morgan fingerprint density at radius 2 is 1.77 bits per heavy atom. The van der Waals surface area contributed by atoms with Crippen molar-refractivity contribution in [2.45, 2.75) is 24.7 Å². The summed E-state index contributed by atoms with van der Waals surface area (Å²) in [6, 6.07) is 15.6. The van der Waals surface area contributed by atoms with E-state index in [1.807, 2.05) is 36.4 Å². The number of nitrogens with zero attached hydrogens (tertiary/aromatic N) is 1. The third-order valence-electron chi connectivity index (χ3n) is 5.84. The lowest BCUT2D eigenvalue weighted by Crippen LogP contribution is -2.32. The van der Waals surface area contributed by atoms with E-state index in [9.17, 15) is 4.79 Å². The summed E-state index contributed by atoms with van der Waals surface area (Å²) in [5.74, 6) is 0.856. The summed E-state index contributed by atoms with van der Waals surface area (Å²) in [5, 5.41) is 13.4. The van der Waals surface area contributed by atoms with E-state index in [-0.39, 0.29) is 29.6 Å². The van der Waals surface area contributed by atoms with Crippen molar-refractivity contribution < 1.29 is 4.79 Å². The lowest BCUT2D eigenvalue weighted by molar-refractivity contribution is -0.123. The van der Waals surface area contributed by atoms with E-state index >= 15 is 0 Å². The van der Waals surface area contributed by atoms with Crippen LogP contribution in [0.3, 0.4) is 0 Å². The second-order valence-electron chi connectivity index (χ2n) is 7.12. The van der Waals surface area contributed by atoms with Gasteiger partial charge in [0.05, 0.1) is 11.6 Å². The van der Waals surface area contributed by atoms with Crippen molar-refractivity contribution in [2.24, 2.45) is 11.8 Å². The van der Waals surface area contributed by atoms with Crippen molar-refractivity contribution in [2.75, 3.05) is 6.54 Å². The third kappa shape index (κ3) is 2.98. The maximum absolute atomic E-state index is 12.2. The number of amides is 1. The zero-order chi connectivity index (χ0) is 18.3. The van der Waals surface area contributed by atoms with Gasteiger partial charge in [0.1, 0.15) is 0 Å². The van der Waals surface area contributed by atoms with Crippen molar-refractivity contribution >= 4 is 29.1 Å². The Bertz CT molecular complexity index is 888. The molecule has 1 aliphatic carbocycles. The minimum atomic E-state index is 0.0537. The minimum Gasteiger partial charge on any atom is -0.356 e. The molecule has 5 heteroatoms. The van der Waals surface area contributed by atoms with Gasteiger partial charge in [-0.25, -0.2) is 0 Å². The number of halogens is 2. The number of hydrogen-bond acceptors (Lipinski definition) is 2. The molecule has 4 rings (SSSR count). The maximum Gasteiger partial charge on any atom is 0.223 e. The highest BCUT2D eigenvalue weighted by Gasteiger charge is 2.47. The van der Waals surface area contributed by atoms with Gasteiger partial charge in [-0.1, -0.05) is 41.4 Å². The molecule has 1 amide bonds. The first-order chi connectivity index (χ1) is 12.6. The topological polar surface area (TPSA) is 52.9 Å². The Kier molecular flexibility index (Phi) is 4.65. The molecule has 0 spiro atoms. The normalized spacial score (nSPS) is 27.5. The van der Waals surface area contributed by atoms with Gasteiger partial charge in [-0.05, 0) is 66.0 Å². The average molecular weight is 385 g/mol. The average Bonchev–Trinajstić information content (AvgIpc) is 3.02. The third-order valence-corrected chi connectivity index (χ3v) is 6.40. The Hall–Kier alpha value is -2.02. The van der Waals surface area contributed by atoms with Gasteiger partial charge in [0.2, 0.25) is 5.91 Å². The number of carbonyl (C=O) groups is 1. The van der Waals surface area contributed by atoms with E-state index in [1.54, 1.807) is 6.07 Å². The molecule has 3 nitrogen and oxygen atoms in total. The van der Waals surface area contributed by atoms with Crippen LogP contribution in [0.25, 0.3) is 0 Å². The Morgan fingerprint density at radius 1 is 1.04 bits per heavy atom. The summed E-state index contributed by atoms with van der Waals surface area (Å²) < 4.78 is 0. The van der Waals surface area contributed by atoms with Crippen LogP contribution in [0.1, 0.15) is 41.4 Å². The van der Waals surface area contributed by atoms with Crippen LogP contribution in [0.2, 0.25) is 10.0 Å².